The van der Waals surface area contributed by atoms with Crippen LogP contribution in [-0.2, 0) is 10.2 Å². The summed E-state index contributed by atoms with van der Waals surface area (Å²) in [5.74, 6) is -0.439. The molecule has 0 saturated carbocycles. The van der Waals surface area contributed by atoms with Crippen LogP contribution in [-0.4, -0.2) is 24.5 Å². The smallest absolute Gasteiger partial charge is 0.315 e. The monoisotopic (exact) mass is 305 g/mol. The highest BCUT2D eigenvalue weighted by molar-refractivity contribution is 5.81. The fourth-order valence-electron chi connectivity index (χ4n) is 1.93. The van der Waals surface area contributed by atoms with E-state index < -0.39 is 11.3 Å². The van der Waals surface area contributed by atoms with E-state index in [2.05, 4.69) is 24.5 Å². The van der Waals surface area contributed by atoms with Gasteiger partial charge in [0.05, 0.1) is 5.41 Å². The molecule has 22 heavy (non-hydrogen) atoms. The van der Waals surface area contributed by atoms with Crippen molar-refractivity contribution in [3.05, 3.63) is 35.9 Å². The number of primary amides is 1. The second kappa shape index (κ2) is 6.81. The zero-order valence-corrected chi connectivity index (χ0v) is 14.1. The first-order chi connectivity index (χ1) is 10.1. The van der Waals surface area contributed by atoms with E-state index in [4.69, 9.17) is 5.73 Å². The van der Waals surface area contributed by atoms with Gasteiger partial charge >= 0.3 is 6.03 Å². The first-order valence-electron chi connectivity index (χ1n) is 7.47. The Bertz CT molecular complexity index is 524. The van der Waals surface area contributed by atoms with Gasteiger partial charge in [-0.1, -0.05) is 44.2 Å². The van der Waals surface area contributed by atoms with Crippen molar-refractivity contribution < 1.29 is 9.59 Å². The summed E-state index contributed by atoms with van der Waals surface area (Å²) in [5.41, 5.74) is 5.47. The largest absolute Gasteiger partial charge is 0.369 e. The van der Waals surface area contributed by atoms with E-state index in [0.29, 0.717) is 0 Å². The Morgan fingerprint density at radius 1 is 1.14 bits per heavy atom. The predicted molar refractivity (Wildman–Crippen MR) is 88.4 cm³/mol. The second-order valence-corrected chi connectivity index (χ2v) is 6.88. The van der Waals surface area contributed by atoms with E-state index in [1.807, 2.05) is 37.3 Å². The Balaban J connectivity index is 2.63. The molecule has 5 nitrogen and oxygen atoms in total. The van der Waals surface area contributed by atoms with Crippen molar-refractivity contribution in [1.82, 2.24) is 10.6 Å². The summed E-state index contributed by atoms with van der Waals surface area (Å²) in [5, 5.41) is 5.64. The maximum Gasteiger partial charge on any atom is 0.315 e. The van der Waals surface area contributed by atoms with Gasteiger partial charge in [0, 0.05) is 18.0 Å². The summed E-state index contributed by atoms with van der Waals surface area (Å²) in [6.45, 7) is 9.74. The van der Waals surface area contributed by atoms with Crippen molar-refractivity contribution in [1.29, 1.82) is 0 Å². The van der Waals surface area contributed by atoms with E-state index in [-0.39, 0.29) is 24.0 Å². The molecule has 0 heterocycles. The zero-order valence-electron chi connectivity index (χ0n) is 14.1. The molecule has 0 radical (unpaired) electrons. The van der Waals surface area contributed by atoms with Crippen LogP contribution in [0.4, 0.5) is 4.79 Å². The molecule has 0 saturated heterocycles. The molecule has 122 valence electrons. The maximum atomic E-state index is 12.0. The van der Waals surface area contributed by atoms with E-state index in [9.17, 15) is 9.59 Å². The van der Waals surface area contributed by atoms with Gasteiger partial charge in [-0.25, -0.2) is 4.79 Å². The third-order valence-electron chi connectivity index (χ3n) is 4.31. The number of hydrogen-bond acceptors (Lipinski definition) is 2. The summed E-state index contributed by atoms with van der Waals surface area (Å²) in [7, 11) is 0. The predicted octanol–water partition coefficient (Wildman–Crippen LogP) is 2.16. The molecule has 0 aliphatic rings. The molecule has 0 spiro atoms. The number of carbonyl (C=O) groups is 2. The zero-order chi connectivity index (χ0) is 17.0. The summed E-state index contributed by atoms with van der Waals surface area (Å²) in [4.78, 5) is 23.3. The number of hydrogen-bond donors (Lipinski definition) is 3. The maximum absolute atomic E-state index is 12.0. The molecule has 5 heteroatoms. The van der Waals surface area contributed by atoms with Gasteiger partial charge in [-0.2, -0.15) is 0 Å². The standard InChI is InChI=1S/C17H27N3O2/c1-12(17(4,5)13-9-7-6-8-10-13)20-15(22)19-11-16(2,3)14(18)21/h6-10,12H,11H2,1-5H3,(H2,18,21)(H2,19,20,22)/t12-/m1/s1. The van der Waals surface area contributed by atoms with Gasteiger partial charge in [0.2, 0.25) is 5.91 Å². The topological polar surface area (TPSA) is 84.2 Å². The fraction of sp³-hybridized carbons (Fsp3) is 0.529. The van der Waals surface area contributed by atoms with Crippen LogP contribution in [0.1, 0.15) is 40.2 Å². The number of rotatable bonds is 6. The van der Waals surface area contributed by atoms with E-state index in [1.165, 1.54) is 0 Å². The number of urea groups is 1. The van der Waals surface area contributed by atoms with Gasteiger partial charge in [-0.05, 0) is 26.3 Å². The molecule has 1 rings (SSSR count). The van der Waals surface area contributed by atoms with E-state index >= 15 is 0 Å². The molecule has 3 amide bonds. The lowest BCUT2D eigenvalue weighted by Crippen LogP contribution is -2.51. The summed E-state index contributed by atoms with van der Waals surface area (Å²) in [6, 6.07) is 9.66. The van der Waals surface area contributed by atoms with Crippen molar-refractivity contribution >= 4 is 11.9 Å². The molecular formula is C17H27N3O2. The third kappa shape index (κ3) is 4.48. The van der Waals surface area contributed by atoms with Crippen LogP contribution in [0.5, 0.6) is 0 Å². The van der Waals surface area contributed by atoms with E-state index in [1.54, 1.807) is 13.8 Å². The molecular weight excluding hydrogens is 278 g/mol. The van der Waals surface area contributed by atoms with Gasteiger partial charge in [0.25, 0.3) is 0 Å². The van der Waals surface area contributed by atoms with Crippen LogP contribution in [0.25, 0.3) is 0 Å². The highest BCUT2D eigenvalue weighted by Gasteiger charge is 2.30. The molecule has 0 unspecified atom stereocenters. The number of benzene rings is 1. The minimum atomic E-state index is -0.768. The van der Waals surface area contributed by atoms with Gasteiger partial charge < -0.3 is 16.4 Å². The van der Waals surface area contributed by atoms with Crippen molar-refractivity contribution in [2.75, 3.05) is 6.54 Å². The summed E-state index contributed by atoms with van der Waals surface area (Å²) >= 11 is 0. The lowest BCUT2D eigenvalue weighted by atomic mass is 9.78. The number of amides is 3. The van der Waals surface area contributed by atoms with Gasteiger partial charge in [0.15, 0.2) is 0 Å². The van der Waals surface area contributed by atoms with Crippen molar-refractivity contribution in [3.8, 4) is 0 Å². The van der Waals surface area contributed by atoms with Gasteiger partial charge in [-0.15, -0.1) is 0 Å². The Morgan fingerprint density at radius 2 is 1.68 bits per heavy atom. The molecule has 0 aliphatic heterocycles. The fourth-order valence-corrected chi connectivity index (χ4v) is 1.93. The van der Waals surface area contributed by atoms with Gasteiger partial charge in [0.1, 0.15) is 0 Å². The minimum Gasteiger partial charge on any atom is -0.369 e. The SMILES string of the molecule is C[C@@H](NC(=O)NCC(C)(C)C(N)=O)C(C)(C)c1ccccc1. The van der Waals surface area contributed by atoms with Crippen molar-refractivity contribution in [2.45, 2.75) is 46.1 Å². The van der Waals surface area contributed by atoms with Gasteiger partial charge in [-0.3, -0.25) is 4.79 Å². The molecule has 0 aromatic heterocycles. The Kier molecular flexibility index (Phi) is 5.58. The van der Waals surface area contributed by atoms with E-state index in [0.717, 1.165) is 5.56 Å². The molecule has 1 aromatic rings. The van der Waals surface area contributed by atoms with Crippen LogP contribution in [0, 0.1) is 5.41 Å². The van der Waals surface area contributed by atoms with Crippen LogP contribution < -0.4 is 16.4 Å². The first kappa shape index (κ1) is 18.0. The van der Waals surface area contributed by atoms with Crippen LogP contribution in [0.2, 0.25) is 0 Å². The Morgan fingerprint density at radius 3 is 2.18 bits per heavy atom. The molecule has 0 aliphatic carbocycles. The summed E-state index contributed by atoms with van der Waals surface area (Å²) < 4.78 is 0. The normalized spacial score (nSPS) is 13.3. The highest BCUT2D eigenvalue weighted by Crippen LogP contribution is 2.26. The van der Waals surface area contributed by atoms with Crippen molar-refractivity contribution in [3.63, 3.8) is 0 Å². The number of carbonyl (C=O) groups excluding carboxylic acids is 2. The first-order valence-corrected chi connectivity index (χ1v) is 7.47. The van der Waals surface area contributed by atoms with Crippen molar-refractivity contribution in [2.24, 2.45) is 11.1 Å². The molecule has 4 N–H and O–H groups in total. The highest BCUT2D eigenvalue weighted by atomic mass is 16.2. The minimum absolute atomic E-state index is 0.0772. The number of nitrogens with one attached hydrogen (secondary N) is 2. The van der Waals surface area contributed by atoms with Crippen LogP contribution >= 0.6 is 0 Å². The third-order valence-corrected chi connectivity index (χ3v) is 4.31. The average molecular weight is 305 g/mol. The average Bonchev–Trinajstić information content (AvgIpc) is 2.46. The number of nitrogens with two attached hydrogens (primary N) is 1. The van der Waals surface area contributed by atoms with Crippen LogP contribution in [0.15, 0.2) is 30.3 Å². The Labute approximate surface area is 132 Å². The Hall–Kier alpha value is -2.04. The lowest BCUT2D eigenvalue weighted by Gasteiger charge is -2.33. The quantitative estimate of drug-likeness (QED) is 0.752. The second-order valence-electron chi connectivity index (χ2n) is 6.88. The lowest BCUT2D eigenvalue weighted by molar-refractivity contribution is -0.125. The molecule has 0 bridgehead atoms. The van der Waals surface area contributed by atoms with Crippen LogP contribution in [0.3, 0.4) is 0 Å². The summed E-state index contributed by atoms with van der Waals surface area (Å²) in [6.07, 6.45) is 0. The molecule has 1 aromatic carbocycles. The molecule has 1 atom stereocenters. The molecule has 0 fully saturated rings.